The summed E-state index contributed by atoms with van der Waals surface area (Å²) in [5.41, 5.74) is 0. The molecule has 1 aromatic rings. The van der Waals surface area contributed by atoms with Crippen molar-refractivity contribution < 1.29 is 14.6 Å². The second kappa shape index (κ2) is 5.98. The number of rotatable bonds is 5. The van der Waals surface area contributed by atoms with E-state index in [1.54, 1.807) is 24.3 Å². The molecule has 0 heterocycles. The summed E-state index contributed by atoms with van der Waals surface area (Å²) in [4.78, 5) is 10.7. The topological polar surface area (TPSA) is 49.4 Å². The van der Waals surface area contributed by atoms with E-state index in [0.717, 1.165) is 0 Å². The fraction of sp³-hybridized carbons (Fsp3) is 0.300. The van der Waals surface area contributed by atoms with Crippen LogP contribution in [0, 0.1) is 0 Å². The van der Waals surface area contributed by atoms with Crippen molar-refractivity contribution in [3.05, 3.63) is 29.3 Å². The number of carboxylic acids is 1. The maximum absolute atomic E-state index is 10.7. The number of halogens is 2. The van der Waals surface area contributed by atoms with Gasteiger partial charge in [-0.25, -0.2) is 0 Å². The molecule has 1 aromatic carbocycles. The van der Waals surface area contributed by atoms with Gasteiger partial charge in [-0.1, -0.05) is 27.5 Å². The van der Waals surface area contributed by atoms with Crippen LogP contribution in [0.5, 0.6) is 5.75 Å². The summed E-state index contributed by atoms with van der Waals surface area (Å²) in [6, 6.07) is 6.51. The molecule has 5 heteroatoms. The van der Waals surface area contributed by atoms with Gasteiger partial charge in [0.05, 0.1) is 5.97 Å². The maximum Gasteiger partial charge on any atom is 0.139 e. The van der Waals surface area contributed by atoms with Gasteiger partial charge in [0, 0.05) is 10.4 Å². The summed E-state index contributed by atoms with van der Waals surface area (Å²) in [6.07, 6.45) is -0.587. The molecule has 1 rings (SSSR count). The Kier molecular flexibility index (Phi) is 4.91. The zero-order valence-electron chi connectivity index (χ0n) is 7.78. The lowest BCUT2D eigenvalue weighted by molar-refractivity contribution is -0.313. The molecule has 0 bridgehead atoms. The van der Waals surface area contributed by atoms with Crippen LogP contribution >= 0.6 is 27.5 Å². The minimum absolute atomic E-state index is 0.352. The van der Waals surface area contributed by atoms with Crippen LogP contribution in [0.15, 0.2) is 24.3 Å². The third-order valence-electron chi connectivity index (χ3n) is 1.73. The molecule has 0 fully saturated rings. The van der Waals surface area contributed by atoms with Crippen LogP contribution in [-0.2, 0) is 4.79 Å². The molecule has 0 aliphatic rings. The SMILES string of the molecule is O=C([O-])C(CCBr)Oc1ccc(Cl)cc1. The quantitative estimate of drug-likeness (QED) is 0.775. The Morgan fingerprint density at radius 3 is 2.53 bits per heavy atom. The minimum atomic E-state index is -1.22. The molecular formula is C10H9BrClO3-. The first-order valence-electron chi connectivity index (χ1n) is 4.32. The Morgan fingerprint density at radius 2 is 2.07 bits per heavy atom. The second-order valence-corrected chi connectivity index (χ2v) is 4.09. The predicted molar refractivity (Wildman–Crippen MR) is 59.3 cm³/mol. The largest absolute Gasteiger partial charge is 0.546 e. The lowest BCUT2D eigenvalue weighted by atomic mass is 10.2. The van der Waals surface area contributed by atoms with Gasteiger partial charge in [-0.2, -0.15) is 0 Å². The molecule has 0 aromatic heterocycles. The Labute approximate surface area is 101 Å². The van der Waals surface area contributed by atoms with Crippen molar-refractivity contribution in [3.8, 4) is 5.75 Å². The zero-order chi connectivity index (χ0) is 11.3. The number of carboxylic acid groups (broad SMARTS) is 1. The Bertz CT molecular complexity index is 326. The Balaban J connectivity index is 2.65. The summed E-state index contributed by atoms with van der Waals surface area (Å²) in [5.74, 6) is -0.751. The van der Waals surface area contributed by atoms with Crippen molar-refractivity contribution in [1.29, 1.82) is 0 Å². The standard InChI is InChI=1S/C10H10BrClO3/c11-6-5-9(10(13)14)15-8-3-1-7(12)2-4-8/h1-4,9H,5-6H2,(H,13,14)/p-1. The lowest BCUT2D eigenvalue weighted by Crippen LogP contribution is -2.39. The van der Waals surface area contributed by atoms with E-state index in [1.807, 2.05) is 0 Å². The number of ether oxygens (including phenoxy) is 1. The molecule has 0 radical (unpaired) electrons. The lowest BCUT2D eigenvalue weighted by Gasteiger charge is -2.18. The number of carbonyl (C=O) groups excluding carboxylic acids is 1. The van der Waals surface area contributed by atoms with Crippen LogP contribution in [0.2, 0.25) is 5.02 Å². The molecule has 0 N–H and O–H groups in total. The highest BCUT2D eigenvalue weighted by Crippen LogP contribution is 2.17. The first-order chi connectivity index (χ1) is 7.13. The highest BCUT2D eigenvalue weighted by atomic mass is 79.9. The van der Waals surface area contributed by atoms with Crippen molar-refractivity contribution in [3.63, 3.8) is 0 Å². The molecule has 1 atom stereocenters. The van der Waals surface area contributed by atoms with Crippen LogP contribution in [-0.4, -0.2) is 17.4 Å². The Hall–Kier alpha value is -0.740. The number of aliphatic carboxylic acids is 1. The van der Waals surface area contributed by atoms with E-state index < -0.39 is 12.1 Å². The zero-order valence-corrected chi connectivity index (χ0v) is 10.1. The van der Waals surface area contributed by atoms with Crippen LogP contribution in [0.25, 0.3) is 0 Å². The number of alkyl halides is 1. The van der Waals surface area contributed by atoms with Gasteiger partial charge in [-0.15, -0.1) is 0 Å². The smallest absolute Gasteiger partial charge is 0.139 e. The van der Waals surface area contributed by atoms with E-state index in [4.69, 9.17) is 16.3 Å². The van der Waals surface area contributed by atoms with Crippen molar-refractivity contribution in [2.75, 3.05) is 5.33 Å². The molecule has 0 aliphatic carbocycles. The molecular weight excluding hydrogens is 283 g/mol. The van der Waals surface area contributed by atoms with Crippen molar-refractivity contribution in [1.82, 2.24) is 0 Å². The van der Waals surface area contributed by atoms with Gasteiger partial charge in [0.15, 0.2) is 0 Å². The van der Waals surface area contributed by atoms with Gasteiger partial charge in [-0.05, 0) is 30.7 Å². The van der Waals surface area contributed by atoms with E-state index >= 15 is 0 Å². The molecule has 0 spiro atoms. The average molecular weight is 293 g/mol. The number of benzene rings is 1. The minimum Gasteiger partial charge on any atom is -0.546 e. The van der Waals surface area contributed by atoms with E-state index in [0.29, 0.717) is 22.5 Å². The third kappa shape index (κ3) is 4.10. The third-order valence-corrected chi connectivity index (χ3v) is 2.44. The van der Waals surface area contributed by atoms with E-state index in [1.165, 1.54) is 0 Å². The fourth-order valence-corrected chi connectivity index (χ4v) is 1.54. The molecule has 0 aliphatic heterocycles. The number of hydrogen-bond donors (Lipinski definition) is 0. The Morgan fingerprint density at radius 1 is 1.47 bits per heavy atom. The van der Waals surface area contributed by atoms with Gasteiger partial charge >= 0.3 is 0 Å². The van der Waals surface area contributed by atoms with Crippen LogP contribution < -0.4 is 9.84 Å². The van der Waals surface area contributed by atoms with Crippen molar-refractivity contribution in [2.45, 2.75) is 12.5 Å². The van der Waals surface area contributed by atoms with Gasteiger partial charge in [0.1, 0.15) is 11.9 Å². The molecule has 0 saturated heterocycles. The average Bonchev–Trinajstić information content (AvgIpc) is 2.20. The second-order valence-electron chi connectivity index (χ2n) is 2.86. The highest BCUT2D eigenvalue weighted by Gasteiger charge is 2.10. The summed E-state index contributed by atoms with van der Waals surface area (Å²) in [5, 5.41) is 11.8. The van der Waals surface area contributed by atoms with Gasteiger partial charge in [-0.3, -0.25) is 0 Å². The monoisotopic (exact) mass is 291 g/mol. The summed E-state index contributed by atoms with van der Waals surface area (Å²) < 4.78 is 5.22. The van der Waals surface area contributed by atoms with Gasteiger partial charge < -0.3 is 14.6 Å². The molecule has 3 nitrogen and oxygen atoms in total. The van der Waals surface area contributed by atoms with Crippen LogP contribution in [0.1, 0.15) is 6.42 Å². The number of carbonyl (C=O) groups is 1. The summed E-state index contributed by atoms with van der Waals surface area (Å²) >= 11 is 8.83. The summed E-state index contributed by atoms with van der Waals surface area (Å²) in [7, 11) is 0. The number of hydrogen-bond acceptors (Lipinski definition) is 3. The maximum atomic E-state index is 10.7. The molecule has 1 unspecified atom stereocenters. The van der Waals surface area contributed by atoms with Crippen LogP contribution in [0.3, 0.4) is 0 Å². The molecule has 82 valence electrons. The summed E-state index contributed by atoms with van der Waals surface area (Å²) in [6.45, 7) is 0. The molecule has 0 amide bonds. The predicted octanol–water partition coefficient (Wildman–Crippen LogP) is 1.62. The van der Waals surface area contributed by atoms with Gasteiger partial charge in [0.2, 0.25) is 0 Å². The van der Waals surface area contributed by atoms with E-state index in [9.17, 15) is 9.90 Å². The van der Waals surface area contributed by atoms with E-state index in [-0.39, 0.29) is 0 Å². The first kappa shape index (κ1) is 12.3. The molecule has 0 saturated carbocycles. The fourth-order valence-electron chi connectivity index (χ4n) is 1.00. The first-order valence-corrected chi connectivity index (χ1v) is 5.82. The molecule has 15 heavy (non-hydrogen) atoms. The normalized spacial score (nSPS) is 12.1. The van der Waals surface area contributed by atoms with Gasteiger partial charge in [0.25, 0.3) is 0 Å². The van der Waals surface area contributed by atoms with Crippen molar-refractivity contribution in [2.24, 2.45) is 0 Å². The highest BCUT2D eigenvalue weighted by molar-refractivity contribution is 9.09. The van der Waals surface area contributed by atoms with Crippen LogP contribution in [0.4, 0.5) is 0 Å². The van der Waals surface area contributed by atoms with Crippen molar-refractivity contribution >= 4 is 33.5 Å². The van der Waals surface area contributed by atoms with E-state index in [2.05, 4.69) is 15.9 Å².